The third kappa shape index (κ3) is 3.71. The summed E-state index contributed by atoms with van der Waals surface area (Å²) in [5, 5.41) is 31.8. The molecule has 2 aliphatic rings. The monoisotopic (exact) mass is 355 g/mol. The van der Waals surface area contributed by atoms with Gasteiger partial charge in [0, 0.05) is 13.1 Å². The van der Waals surface area contributed by atoms with Crippen molar-refractivity contribution < 1.29 is 24.8 Å². The highest BCUT2D eigenvalue weighted by molar-refractivity contribution is 5.68. The Morgan fingerprint density at radius 1 is 1.24 bits per heavy atom. The van der Waals surface area contributed by atoms with E-state index in [-0.39, 0.29) is 11.2 Å². The minimum absolute atomic E-state index is 0.111. The van der Waals surface area contributed by atoms with Gasteiger partial charge in [0.1, 0.15) is 18.3 Å². The first-order chi connectivity index (χ1) is 12.1. The number of hydrogen-bond acceptors (Lipinski definition) is 9. The van der Waals surface area contributed by atoms with Crippen LogP contribution in [0, 0.1) is 0 Å². The summed E-state index contributed by atoms with van der Waals surface area (Å²) in [6.07, 6.45) is -1.78. The molecule has 2 fully saturated rings. The predicted octanol–water partition coefficient (Wildman–Crippen LogP) is -2.66. The van der Waals surface area contributed by atoms with Crippen LogP contribution in [0.4, 0.5) is 0 Å². The fourth-order valence-corrected chi connectivity index (χ4v) is 2.67. The third-order valence-electron chi connectivity index (χ3n) is 4.00. The van der Waals surface area contributed by atoms with Crippen LogP contribution in [-0.4, -0.2) is 86.1 Å². The molecule has 4 heterocycles. The fraction of sp³-hybridized carbons (Fsp3) is 0.643. The van der Waals surface area contributed by atoms with E-state index in [1.807, 2.05) is 0 Å². The second kappa shape index (κ2) is 7.99. The van der Waals surface area contributed by atoms with Gasteiger partial charge in [-0.05, 0) is 0 Å². The highest BCUT2D eigenvalue weighted by Crippen LogP contribution is 2.30. The zero-order chi connectivity index (χ0) is 17.8. The summed E-state index contributed by atoms with van der Waals surface area (Å²) in [6, 6.07) is 0. The highest BCUT2D eigenvalue weighted by atomic mass is 16.6. The van der Waals surface area contributed by atoms with Gasteiger partial charge >= 0.3 is 0 Å². The first-order valence-corrected chi connectivity index (χ1v) is 7.94. The number of hydrogen-bond donors (Lipinski definition) is 5. The molecule has 0 saturated carbocycles. The summed E-state index contributed by atoms with van der Waals surface area (Å²) in [7, 11) is 0. The Morgan fingerprint density at radius 2 is 2.00 bits per heavy atom. The fourth-order valence-electron chi connectivity index (χ4n) is 2.67. The van der Waals surface area contributed by atoms with E-state index in [2.05, 4.69) is 20.3 Å². The Hall–Kier alpha value is -1.89. The Morgan fingerprint density at radius 3 is 2.56 bits per heavy atom. The van der Waals surface area contributed by atoms with Crippen molar-refractivity contribution in [1.29, 1.82) is 0 Å². The standard InChI is InChI=1S/C10H12N4O5.C4H9NO/c15-1-4-6(16)7(17)10(19-4)14-3-13-5-8(14)11-2-12-9(5)18;1-3-6-4-2-5-1/h2-4,6-7,10,15-17H,1H2,(H,11,12,18);5H,1-4H2/t4-,6-,7-,10-;/m1./s1. The highest BCUT2D eigenvalue weighted by Gasteiger charge is 2.43. The Labute approximate surface area is 142 Å². The number of ether oxygens (including phenoxy) is 2. The smallest absolute Gasteiger partial charge is 0.278 e. The quantitative estimate of drug-likeness (QED) is 0.388. The molecule has 11 heteroatoms. The second-order valence-electron chi connectivity index (χ2n) is 5.65. The molecule has 0 unspecified atom stereocenters. The lowest BCUT2D eigenvalue weighted by Gasteiger charge is -2.16. The number of imidazole rings is 1. The Kier molecular flexibility index (Phi) is 5.73. The van der Waals surface area contributed by atoms with Gasteiger partial charge in [0.2, 0.25) is 0 Å². The molecule has 4 rings (SSSR count). The van der Waals surface area contributed by atoms with Gasteiger partial charge in [0.15, 0.2) is 17.4 Å². The topological polar surface area (TPSA) is 155 Å². The number of rotatable bonds is 2. The maximum absolute atomic E-state index is 11.5. The van der Waals surface area contributed by atoms with Gasteiger partial charge in [0.25, 0.3) is 5.56 Å². The number of nitrogens with zero attached hydrogens (tertiary/aromatic N) is 3. The van der Waals surface area contributed by atoms with E-state index in [4.69, 9.17) is 14.6 Å². The Bertz CT molecular complexity index is 733. The van der Waals surface area contributed by atoms with Gasteiger partial charge in [-0.15, -0.1) is 0 Å². The zero-order valence-corrected chi connectivity index (χ0v) is 13.4. The summed E-state index contributed by atoms with van der Waals surface area (Å²) < 4.78 is 11.7. The van der Waals surface area contributed by atoms with Crippen LogP contribution in [0.5, 0.6) is 0 Å². The van der Waals surface area contributed by atoms with Crippen LogP contribution >= 0.6 is 0 Å². The second-order valence-corrected chi connectivity index (χ2v) is 5.65. The van der Waals surface area contributed by atoms with Crippen molar-refractivity contribution in [2.45, 2.75) is 24.5 Å². The number of H-pyrrole nitrogens is 1. The predicted molar refractivity (Wildman–Crippen MR) is 84.8 cm³/mol. The molecular weight excluding hydrogens is 334 g/mol. The average molecular weight is 355 g/mol. The van der Waals surface area contributed by atoms with Crippen molar-refractivity contribution in [2.24, 2.45) is 0 Å². The van der Waals surface area contributed by atoms with E-state index in [9.17, 15) is 15.0 Å². The van der Waals surface area contributed by atoms with Gasteiger partial charge in [-0.25, -0.2) is 9.97 Å². The van der Waals surface area contributed by atoms with E-state index >= 15 is 0 Å². The molecule has 0 aromatic carbocycles. The molecule has 0 aliphatic carbocycles. The molecule has 0 bridgehead atoms. The van der Waals surface area contributed by atoms with E-state index in [0.29, 0.717) is 0 Å². The number of aliphatic hydroxyl groups is 3. The molecule has 4 atom stereocenters. The third-order valence-corrected chi connectivity index (χ3v) is 4.00. The van der Waals surface area contributed by atoms with E-state index in [1.54, 1.807) is 0 Å². The van der Waals surface area contributed by atoms with Crippen molar-refractivity contribution in [2.75, 3.05) is 32.9 Å². The van der Waals surface area contributed by atoms with Crippen LogP contribution in [0.15, 0.2) is 17.4 Å². The molecule has 11 nitrogen and oxygen atoms in total. The minimum Gasteiger partial charge on any atom is -0.394 e. The lowest BCUT2D eigenvalue weighted by Crippen LogP contribution is -2.33. The number of nitrogens with one attached hydrogen (secondary N) is 2. The number of fused-ring (bicyclic) bond motifs is 1. The molecule has 2 aromatic heterocycles. The lowest BCUT2D eigenvalue weighted by atomic mass is 10.1. The maximum Gasteiger partial charge on any atom is 0.278 e. The van der Waals surface area contributed by atoms with Crippen LogP contribution in [0.3, 0.4) is 0 Å². The van der Waals surface area contributed by atoms with E-state index in [0.717, 1.165) is 26.3 Å². The average Bonchev–Trinajstić information content (AvgIpc) is 3.20. The first kappa shape index (κ1) is 17.9. The van der Waals surface area contributed by atoms with Crippen LogP contribution in [0.1, 0.15) is 6.23 Å². The lowest BCUT2D eigenvalue weighted by molar-refractivity contribution is -0.0511. The summed E-state index contributed by atoms with van der Waals surface area (Å²) in [5.74, 6) is 0. The van der Waals surface area contributed by atoms with Crippen molar-refractivity contribution in [3.8, 4) is 0 Å². The van der Waals surface area contributed by atoms with Gasteiger partial charge in [-0.2, -0.15) is 0 Å². The summed E-state index contributed by atoms with van der Waals surface area (Å²) in [4.78, 5) is 21.8. The summed E-state index contributed by atoms with van der Waals surface area (Å²) in [5.41, 5.74) is -0.0608. The van der Waals surface area contributed by atoms with E-state index < -0.39 is 36.7 Å². The molecule has 0 spiro atoms. The largest absolute Gasteiger partial charge is 0.394 e. The SMILES string of the molecule is C1COCCN1.O=c1[nH]cnc2c1ncn2[C@@H]1O[C@H](CO)[C@@H](O)[C@H]1O. The molecule has 2 saturated heterocycles. The van der Waals surface area contributed by atoms with Gasteiger partial charge in [0.05, 0.1) is 32.5 Å². The summed E-state index contributed by atoms with van der Waals surface area (Å²) in [6.45, 7) is 3.41. The van der Waals surface area contributed by atoms with Crippen LogP contribution in [0.25, 0.3) is 11.2 Å². The molecule has 2 aliphatic heterocycles. The van der Waals surface area contributed by atoms with Crippen molar-refractivity contribution in [3.05, 3.63) is 23.0 Å². The maximum atomic E-state index is 11.5. The van der Waals surface area contributed by atoms with E-state index in [1.165, 1.54) is 17.2 Å². The van der Waals surface area contributed by atoms with Crippen LogP contribution < -0.4 is 10.9 Å². The van der Waals surface area contributed by atoms with Gasteiger partial charge in [-0.1, -0.05) is 0 Å². The van der Waals surface area contributed by atoms with Crippen molar-refractivity contribution in [3.63, 3.8) is 0 Å². The molecule has 0 amide bonds. The normalized spacial score (nSPS) is 29.4. The van der Waals surface area contributed by atoms with Gasteiger partial charge in [-0.3, -0.25) is 9.36 Å². The summed E-state index contributed by atoms with van der Waals surface area (Å²) >= 11 is 0. The zero-order valence-electron chi connectivity index (χ0n) is 13.4. The molecule has 5 N–H and O–H groups in total. The van der Waals surface area contributed by atoms with Crippen molar-refractivity contribution in [1.82, 2.24) is 24.8 Å². The molecule has 25 heavy (non-hydrogen) atoms. The number of morpholine rings is 1. The molecule has 138 valence electrons. The molecule has 0 radical (unpaired) electrons. The number of aromatic nitrogens is 4. The van der Waals surface area contributed by atoms with Crippen LogP contribution in [0.2, 0.25) is 0 Å². The number of aromatic amines is 1. The minimum atomic E-state index is -1.24. The van der Waals surface area contributed by atoms with Crippen molar-refractivity contribution >= 4 is 11.2 Å². The molecule has 2 aromatic rings. The van der Waals surface area contributed by atoms with Crippen LogP contribution in [-0.2, 0) is 9.47 Å². The van der Waals surface area contributed by atoms with Gasteiger partial charge < -0.3 is 35.1 Å². The number of aliphatic hydroxyl groups excluding tert-OH is 3. The first-order valence-electron chi connectivity index (χ1n) is 7.94. The Balaban J connectivity index is 0.000000258. The molecular formula is C14H21N5O6.